The van der Waals surface area contributed by atoms with E-state index in [-0.39, 0.29) is 0 Å². The Balaban J connectivity index is 2.22. The van der Waals surface area contributed by atoms with Crippen LogP contribution in [0.3, 0.4) is 0 Å². The molecular weight excluding hydrogens is 289 g/mol. The highest BCUT2D eigenvalue weighted by Crippen LogP contribution is 2.34. The maximum absolute atomic E-state index is 12.9. The van der Waals surface area contributed by atoms with Crippen molar-refractivity contribution in [3.63, 3.8) is 0 Å². The standard InChI is InChI=1S/C17H15F3N2/c1-2-22-15-7-6-14(21)9-12(15)10-16(22)11-4-3-5-13(8-11)17(18,19)20/h3-10H,2,21H2,1H3. The van der Waals surface area contributed by atoms with Crippen molar-refractivity contribution in [2.75, 3.05) is 5.73 Å². The van der Waals surface area contributed by atoms with Crippen LogP contribution in [0.4, 0.5) is 18.9 Å². The van der Waals surface area contributed by atoms with Gasteiger partial charge in [0.2, 0.25) is 0 Å². The molecule has 0 spiro atoms. The van der Waals surface area contributed by atoms with E-state index in [1.807, 2.05) is 29.7 Å². The van der Waals surface area contributed by atoms with E-state index in [2.05, 4.69) is 0 Å². The number of hydrogen-bond donors (Lipinski definition) is 1. The molecule has 22 heavy (non-hydrogen) atoms. The lowest BCUT2D eigenvalue weighted by Gasteiger charge is -2.11. The van der Waals surface area contributed by atoms with E-state index in [4.69, 9.17) is 5.73 Å². The first-order valence-corrected chi connectivity index (χ1v) is 6.96. The summed E-state index contributed by atoms with van der Waals surface area (Å²) in [5, 5.41) is 0.925. The van der Waals surface area contributed by atoms with Gasteiger partial charge in [0.25, 0.3) is 0 Å². The summed E-state index contributed by atoms with van der Waals surface area (Å²) < 4.78 is 40.7. The number of aromatic nitrogens is 1. The molecule has 0 amide bonds. The molecular formula is C17H15F3N2. The topological polar surface area (TPSA) is 30.9 Å². The van der Waals surface area contributed by atoms with Crippen LogP contribution in [0.2, 0.25) is 0 Å². The molecule has 114 valence electrons. The number of aryl methyl sites for hydroxylation is 1. The van der Waals surface area contributed by atoms with E-state index in [9.17, 15) is 13.2 Å². The number of anilines is 1. The molecule has 5 heteroatoms. The van der Waals surface area contributed by atoms with Gasteiger partial charge in [-0.3, -0.25) is 0 Å². The van der Waals surface area contributed by atoms with Crippen molar-refractivity contribution in [3.8, 4) is 11.3 Å². The highest BCUT2D eigenvalue weighted by molar-refractivity contribution is 5.89. The number of halogens is 3. The molecule has 0 aliphatic heterocycles. The zero-order valence-corrected chi connectivity index (χ0v) is 12.0. The van der Waals surface area contributed by atoms with Crippen LogP contribution >= 0.6 is 0 Å². The van der Waals surface area contributed by atoms with E-state index in [1.165, 1.54) is 12.1 Å². The molecule has 2 aromatic carbocycles. The Morgan fingerprint density at radius 2 is 1.82 bits per heavy atom. The van der Waals surface area contributed by atoms with Gasteiger partial charge >= 0.3 is 6.18 Å². The normalized spacial score (nSPS) is 12.0. The van der Waals surface area contributed by atoms with Crippen LogP contribution in [0.25, 0.3) is 22.2 Å². The lowest BCUT2D eigenvalue weighted by molar-refractivity contribution is -0.137. The predicted molar refractivity (Wildman–Crippen MR) is 82.5 cm³/mol. The molecule has 0 saturated carbocycles. The summed E-state index contributed by atoms with van der Waals surface area (Å²) in [6, 6.07) is 12.8. The number of alkyl halides is 3. The number of fused-ring (bicyclic) bond motifs is 1. The van der Waals surface area contributed by atoms with Gasteiger partial charge in [0.15, 0.2) is 0 Å². The minimum absolute atomic E-state index is 0.548. The first-order valence-electron chi connectivity index (χ1n) is 6.96. The lowest BCUT2D eigenvalue weighted by Crippen LogP contribution is -2.05. The Kier molecular flexibility index (Phi) is 3.35. The van der Waals surface area contributed by atoms with Gasteiger partial charge in [0, 0.05) is 28.8 Å². The van der Waals surface area contributed by atoms with Crippen LogP contribution in [0.15, 0.2) is 48.5 Å². The fraction of sp³-hybridized carbons (Fsp3) is 0.176. The molecule has 3 rings (SSSR count). The van der Waals surface area contributed by atoms with Crippen LogP contribution in [-0.2, 0) is 12.7 Å². The van der Waals surface area contributed by atoms with Gasteiger partial charge in [-0.05, 0) is 48.9 Å². The smallest absolute Gasteiger partial charge is 0.399 e. The molecule has 1 heterocycles. The number of nitrogens with two attached hydrogens (primary N) is 1. The summed E-state index contributed by atoms with van der Waals surface area (Å²) >= 11 is 0. The minimum Gasteiger partial charge on any atom is -0.399 e. The number of benzene rings is 2. The molecule has 0 aliphatic carbocycles. The fourth-order valence-electron chi connectivity index (χ4n) is 2.72. The number of hydrogen-bond acceptors (Lipinski definition) is 1. The molecule has 0 saturated heterocycles. The van der Waals surface area contributed by atoms with E-state index >= 15 is 0 Å². The van der Waals surface area contributed by atoms with Crippen molar-refractivity contribution in [1.29, 1.82) is 0 Å². The SMILES string of the molecule is CCn1c(-c2cccc(C(F)(F)F)c2)cc2cc(N)ccc21. The van der Waals surface area contributed by atoms with E-state index < -0.39 is 11.7 Å². The minimum atomic E-state index is -4.34. The molecule has 0 unspecified atom stereocenters. The highest BCUT2D eigenvalue weighted by atomic mass is 19.4. The molecule has 3 aromatic rings. The van der Waals surface area contributed by atoms with Gasteiger partial charge < -0.3 is 10.3 Å². The molecule has 0 radical (unpaired) electrons. The zero-order valence-electron chi connectivity index (χ0n) is 12.0. The van der Waals surface area contributed by atoms with Crippen molar-refractivity contribution >= 4 is 16.6 Å². The van der Waals surface area contributed by atoms with Crippen LogP contribution < -0.4 is 5.73 Å². The van der Waals surface area contributed by atoms with Crippen molar-refractivity contribution in [1.82, 2.24) is 4.57 Å². The molecule has 0 atom stereocenters. The summed E-state index contributed by atoms with van der Waals surface area (Å²) in [5.41, 5.74) is 8.05. The van der Waals surface area contributed by atoms with Gasteiger partial charge in [0.05, 0.1) is 5.56 Å². The number of rotatable bonds is 2. The molecule has 0 bridgehead atoms. The first-order chi connectivity index (χ1) is 10.4. The maximum Gasteiger partial charge on any atom is 0.416 e. The van der Waals surface area contributed by atoms with E-state index in [0.29, 0.717) is 17.8 Å². The quantitative estimate of drug-likeness (QED) is 0.669. The van der Waals surface area contributed by atoms with Crippen molar-refractivity contribution < 1.29 is 13.2 Å². The molecule has 2 N–H and O–H groups in total. The monoisotopic (exact) mass is 304 g/mol. The number of nitrogen functional groups attached to an aromatic ring is 1. The molecule has 0 fully saturated rings. The van der Waals surface area contributed by atoms with Crippen molar-refractivity contribution in [3.05, 3.63) is 54.1 Å². The summed E-state index contributed by atoms with van der Waals surface area (Å²) in [4.78, 5) is 0. The van der Waals surface area contributed by atoms with Gasteiger partial charge in [-0.25, -0.2) is 0 Å². The summed E-state index contributed by atoms with van der Waals surface area (Å²) in [6.07, 6.45) is -4.34. The molecule has 2 nitrogen and oxygen atoms in total. The third-order valence-electron chi connectivity index (χ3n) is 3.73. The Labute approximate surface area is 126 Å². The van der Waals surface area contributed by atoms with Crippen LogP contribution in [0, 0.1) is 0 Å². The maximum atomic E-state index is 12.9. The summed E-state index contributed by atoms with van der Waals surface area (Å²) in [6.45, 7) is 2.63. The van der Waals surface area contributed by atoms with Gasteiger partial charge in [-0.2, -0.15) is 13.2 Å². The van der Waals surface area contributed by atoms with E-state index in [1.54, 1.807) is 12.1 Å². The predicted octanol–water partition coefficient (Wildman–Crippen LogP) is 4.93. The lowest BCUT2D eigenvalue weighted by atomic mass is 10.1. The second-order valence-electron chi connectivity index (χ2n) is 5.17. The Bertz CT molecular complexity index is 832. The van der Waals surface area contributed by atoms with Gasteiger partial charge in [-0.15, -0.1) is 0 Å². The average Bonchev–Trinajstić information content (AvgIpc) is 2.84. The van der Waals surface area contributed by atoms with E-state index in [0.717, 1.165) is 22.7 Å². The second kappa shape index (κ2) is 5.09. The fourth-order valence-corrected chi connectivity index (χ4v) is 2.72. The summed E-state index contributed by atoms with van der Waals surface area (Å²) in [5.74, 6) is 0. The summed E-state index contributed by atoms with van der Waals surface area (Å²) in [7, 11) is 0. The van der Waals surface area contributed by atoms with Crippen molar-refractivity contribution in [2.24, 2.45) is 0 Å². The van der Waals surface area contributed by atoms with Gasteiger partial charge in [0.1, 0.15) is 0 Å². The Morgan fingerprint density at radius 3 is 2.50 bits per heavy atom. The Hall–Kier alpha value is -2.43. The second-order valence-corrected chi connectivity index (χ2v) is 5.17. The Morgan fingerprint density at radius 1 is 1.05 bits per heavy atom. The van der Waals surface area contributed by atoms with Crippen molar-refractivity contribution in [2.45, 2.75) is 19.6 Å². The number of nitrogens with zero attached hydrogens (tertiary/aromatic N) is 1. The molecule has 1 aromatic heterocycles. The molecule has 0 aliphatic rings. The zero-order chi connectivity index (χ0) is 15.9. The largest absolute Gasteiger partial charge is 0.416 e. The van der Waals surface area contributed by atoms with Gasteiger partial charge in [-0.1, -0.05) is 12.1 Å². The highest BCUT2D eigenvalue weighted by Gasteiger charge is 2.30. The first kappa shape index (κ1) is 14.5. The third-order valence-corrected chi connectivity index (χ3v) is 3.73. The van der Waals surface area contributed by atoms with Crippen LogP contribution in [0.1, 0.15) is 12.5 Å². The van der Waals surface area contributed by atoms with Crippen LogP contribution in [-0.4, -0.2) is 4.57 Å². The third kappa shape index (κ3) is 2.43. The average molecular weight is 304 g/mol. The van der Waals surface area contributed by atoms with Crippen LogP contribution in [0.5, 0.6) is 0 Å².